The molecule has 1 aliphatic carbocycles. The summed E-state index contributed by atoms with van der Waals surface area (Å²) in [6, 6.07) is 0.817. The van der Waals surface area contributed by atoms with Gasteiger partial charge in [-0.15, -0.1) is 0 Å². The second-order valence-corrected chi connectivity index (χ2v) is 5.81. The highest BCUT2D eigenvalue weighted by Gasteiger charge is 2.21. The van der Waals surface area contributed by atoms with Crippen LogP contribution >= 0.6 is 0 Å². The van der Waals surface area contributed by atoms with E-state index in [0.717, 1.165) is 19.1 Å². The van der Waals surface area contributed by atoms with E-state index in [0.29, 0.717) is 12.2 Å². The van der Waals surface area contributed by atoms with Crippen LogP contribution in [0.25, 0.3) is 0 Å². The van der Waals surface area contributed by atoms with E-state index in [1.807, 2.05) is 0 Å². The zero-order valence-electron chi connectivity index (χ0n) is 11.5. The maximum atomic E-state index is 5.75. The summed E-state index contributed by atoms with van der Waals surface area (Å²) in [6.07, 6.45) is 7.72. The summed E-state index contributed by atoms with van der Waals surface area (Å²) in [4.78, 5) is 2.55. The third-order valence-electron chi connectivity index (χ3n) is 3.93. The summed E-state index contributed by atoms with van der Waals surface area (Å²) in [6.45, 7) is 8.98. The van der Waals surface area contributed by atoms with Gasteiger partial charge in [0, 0.05) is 19.1 Å². The van der Waals surface area contributed by atoms with E-state index < -0.39 is 0 Å². The zero-order chi connectivity index (χ0) is 12.1. The number of rotatable bonds is 5. The minimum Gasteiger partial charge on any atom is -0.373 e. The molecule has 2 atom stereocenters. The van der Waals surface area contributed by atoms with Crippen LogP contribution in [0.5, 0.6) is 0 Å². The van der Waals surface area contributed by atoms with E-state index >= 15 is 0 Å². The highest BCUT2D eigenvalue weighted by Crippen LogP contribution is 2.17. The number of ether oxygens (including phenoxy) is 1. The fraction of sp³-hybridized carbons (Fsp3) is 1.00. The predicted molar refractivity (Wildman–Crippen MR) is 71.3 cm³/mol. The van der Waals surface area contributed by atoms with Crippen LogP contribution in [-0.4, -0.2) is 49.3 Å². The molecule has 0 unspecified atom stereocenters. The van der Waals surface area contributed by atoms with Crippen LogP contribution in [0.3, 0.4) is 0 Å². The quantitative estimate of drug-likeness (QED) is 0.744. The van der Waals surface area contributed by atoms with Crippen molar-refractivity contribution in [3.63, 3.8) is 0 Å². The van der Waals surface area contributed by atoms with E-state index in [9.17, 15) is 0 Å². The molecule has 0 aromatic rings. The Morgan fingerprint density at radius 3 is 2.41 bits per heavy atom. The lowest BCUT2D eigenvalue weighted by atomic mass is 10.2. The van der Waals surface area contributed by atoms with Gasteiger partial charge in [-0.05, 0) is 46.2 Å². The van der Waals surface area contributed by atoms with Crippen molar-refractivity contribution >= 4 is 0 Å². The van der Waals surface area contributed by atoms with Gasteiger partial charge in [-0.2, -0.15) is 0 Å². The predicted octanol–water partition coefficient (Wildman–Crippen LogP) is 2.02. The Kier molecular flexibility index (Phi) is 5.26. The molecule has 0 radical (unpaired) electrons. The van der Waals surface area contributed by atoms with E-state index in [-0.39, 0.29) is 0 Å². The molecule has 0 bridgehead atoms. The van der Waals surface area contributed by atoms with Crippen LogP contribution in [-0.2, 0) is 4.74 Å². The van der Waals surface area contributed by atoms with Gasteiger partial charge in [0.25, 0.3) is 0 Å². The first-order valence-electron chi connectivity index (χ1n) is 7.35. The molecule has 2 aliphatic rings. The summed E-state index contributed by atoms with van der Waals surface area (Å²) >= 11 is 0. The Morgan fingerprint density at radius 2 is 1.76 bits per heavy atom. The highest BCUT2D eigenvalue weighted by molar-refractivity contribution is 4.75. The zero-order valence-corrected chi connectivity index (χ0v) is 11.5. The first-order chi connectivity index (χ1) is 8.24. The summed E-state index contributed by atoms with van der Waals surface area (Å²) in [5.41, 5.74) is 0. The van der Waals surface area contributed by atoms with Crippen LogP contribution < -0.4 is 5.32 Å². The lowest BCUT2D eigenvalue weighted by Crippen LogP contribution is -2.46. The topological polar surface area (TPSA) is 24.5 Å². The molecule has 0 amide bonds. The molecule has 3 nitrogen and oxygen atoms in total. The van der Waals surface area contributed by atoms with Crippen molar-refractivity contribution in [1.82, 2.24) is 10.2 Å². The first-order valence-corrected chi connectivity index (χ1v) is 7.35. The van der Waals surface area contributed by atoms with Crippen LogP contribution in [0.1, 0.15) is 46.0 Å². The van der Waals surface area contributed by atoms with Gasteiger partial charge in [-0.1, -0.05) is 12.8 Å². The van der Waals surface area contributed by atoms with E-state index in [4.69, 9.17) is 4.74 Å². The van der Waals surface area contributed by atoms with E-state index in [1.54, 1.807) is 0 Å². The third kappa shape index (κ3) is 4.57. The maximum absolute atomic E-state index is 5.75. The van der Waals surface area contributed by atoms with Crippen LogP contribution in [0, 0.1) is 0 Å². The average molecular weight is 240 g/mol. The molecule has 3 heteroatoms. The average Bonchev–Trinajstić information content (AvgIpc) is 2.76. The number of hydrogen-bond donors (Lipinski definition) is 1. The number of hydrogen-bond acceptors (Lipinski definition) is 3. The number of nitrogens with one attached hydrogen (secondary N) is 1. The smallest absolute Gasteiger partial charge is 0.0678 e. The molecule has 0 aromatic carbocycles. The molecule has 2 fully saturated rings. The SMILES string of the molecule is C[C@@H]1CN(CCCNC2CCCC2)C[C@H](C)O1. The van der Waals surface area contributed by atoms with Crippen LogP contribution in [0.4, 0.5) is 0 Å². The highest BCUT2D eigenvalue weighted by atomic mass is 16.5. The Morgan fingerprint density at radius 1 is 1.12 bits per heavy atom. The molecule has 1 heterocycles. The molecule has 1 saturated carbocycles. The Balaban J connectivity index is 1.54. The van der Waals surface area contributed by atoms with Gasteiger partial charge in [0.2, 0.25) is 0 Å². The van der Waals surface area contributed by atoms with Crippen molar-refractivity contribution in [2.45, 2.75) is 64.2 Å². The first kappa shape index (κ1) is 13.3. The van der Waals surface area contributed by atoms with Crippen molar-refractivity contribution < 1.29 is 4.74 Å². The Bertz CT molecular complexity index is 206. The maximum Gasteiger partial charge on any atom is 0.0678 e. The summed E-state index contributed by atoms with van der Waals surface area (Å²) < 4.78 is 5.75. The van der Waals surface area contributed by atoms with Gasteiger partial charge in [0.15, 0.2) is 0 Å². The molecule has 1 saturated heterocycles. The minimum atomic E-state index is 0.404. The fourth-order valence-corrected chi connectivity index (χ4v) is 3.21. The lowest BCUT2D eigenvalue weighted by Gasteiger charge is -2.35. The largest absolute Gasteiger partial charge is 0.373 e. The van der Waals surface area contributed by atoms with E-state index in [2.05, 4.69) is 24.1 Å². The molecule has 1 aliphatic heterocycles. The van der Waals surface area contributed by atoms with E-state index in [1.165, 1.54) is 45.2 Å². The summed E-state index contributed by atoms with van der Waals surface area (Å²) in [5, 5.41) is 3.69. The lowest BCUT2D eigenvalue weighted by molar-refractivity contribution is -0.0680. The molecule has 100 valence electrons. The van der Waals surface area contributed by atoms with Gasteiger partial charge in [-0.25, -0.2) is 0 Å². The molecule has 1 N–H and O–H groups in total. The molecular weight excluding hydrogens is 212 g/mol. The molecule has 2 rings (SSSR count). The van der Waals surface area contributed by atoms with Crippen molar-refractivity contribution in [2.75, 3.05) is 26.2 Å². The Labute approximate surface area is 106 Å². The fourth-order valence-electron chi connectivity index (χ4n) is 3.21. The van der Waals surface area contributed by atoms with Crippen molar-refractivity contribution in [3.8, 4) is 0 Å². The summed E-state index contributed by atoms with van der Waals surface area (Å²) in [5.74, 6) is 0. The molecule has 0 spiro atoms. The number of morpholine rings is 1. The van der Waals surface area contributed by atoms with Gasteiger partial charge >= 0.3 is 0 Å². The summed E-state index contributed by atoms with van der Waals surface area (Å²) in [7, 11) is 0. The van der Waals surface area contributed by atoms with Gasteiger partial charge < -0.3 is 10.1 Å². The van der Waals surface area contributed by atoms with Gasteiger partial charge in [0.05, 0.1) is 12.2 Å². The monoisotopic (exact) mass is 240 g/mol. The molecular formula is C14H28N2O. The van der Waals surface area contributed by atoms with Crippen molar-refractivity contribution in [3.05, 3.63) is 0 Å². The van der Waals surface area contributed by atoms with Crippen LogP contribution in [0.15, 0.2) is 0 Å². The van der Waals surface area contributed by atoms with Gasteiger partial charge in [0.1, 0.15) is 0 Å². The minimum absolute atomic E-state index is 0.404. The second-order valence-electron chi connectivity index (χ2n) is 5.81. The normalized spacial score (nSPS) is 32.1. The number of nitrogens with zero attached hydrogens (tertiary/aromatic N) is 1. The molecule has 17 heavy (non-hydrogen) atoms. The standard InChI is InChI=1S/C14H28N2O/c1-12-10-16(11-13(2)17-12)9-5-8-15-14-6-3-4-7-14/h12-15H,3-11H2,1-2H3/t12-,13+. The van der Waals surface area contributed by atoms with Crippen molar-refractivity contribution in [2.24, 2.45) is 0 Å². The molecule has 0 aromatic heterocycles. The van der Waals surface area contributed by atoms with Crippen molar-refractivity contribution in [1.29, 1.82) is 0 Å². The Hall–Kier alpha value is -0.120. The van der Waals surface area contributed by atoms with Crippen LogP contribution in [0.2, 0.25) is 0 Å². The second kappa shape index (κ2) is 6.72. The third-order valence-corrected chi connectivity index (χ3v) is 3.93. The van der Waals surface area contributed by atoms with Gasteiger partial charge in [-0.3, -0.25) is 4.90 Å².